The monoisotopic (exact) mass is 234 g/mol. The minimum Gasteiger partial charge on any atom is -0.399 e. The van der Waals surface area contributed by atoms with E-state index < -0.39 is 0 Å². The van der Waals surface area contributed by atoms with Crippen LogP contribution in [0.2, 0.25) is 0 Å². The molecule has 1 aromatic carbocycles. The Bertz CT molecular complexity index is 372. The highest BCUT2D eigenvalue weighted by atomic mass is 16.1. The van der Waals surface area contributed by atoms with Crippen LogP contribution in [-0.2, 0) is 0 Å². The Labute approximate surface area is 103 Å². The van der Waals surface area contributed by atoms with Crippen molar-refractivity contribution in [2.24, 2.45) is 0 Å². The number of nitrogens with one attached hydrogen (secondary N) is 1. The van der Waals surface area contributed by atoms with Crippen LogP contribution in [-0.4, -0.2) is 11.4 Å². The fourth-order valence-electron chi connectivity index (χ4n) is 1.86. The Morgan fingerprint density at radius 3 is 2.35 bits per heavy atom. The quantitative estimate of drug-likeness (QED) is 0.769. The molecule has 0 spiro atoms. The van der Waals surface area contributed by atoms with E-state index in [0.717, 1.165) is 19.3 Å². The van der Waals surface area contributed by atoms with Crippen LogP contribution in [0.15, 0.2) is 24.3 Å². The zero-order valence-corrected chi connectivity index (χ0v) is 10.9. The van der Waals surface area contributed by atoms with Gasteiger partial charge >= 0.3 is 0 Å². The van der Waals surface area contributed by atoms with E-state index in [2.05, 4.69) is 26.1 Å². The van der Waals surface area contributed by atoms with Crippen LogP contribution in [0.25, 0.3) is 0 Å². The van der Waals surface area contributed by atoms with Crippen LogP contribution in [0.3, 0.4) is 0 Å². The van der Waals surface area contributed by atoms with Crippen molar-refractivity contribution in [1.82, 2.24) is 5.32 Å². The first-order valence-corrected chi connectivity index (χ1v) is 6.19. The molecule has 1 unspecified atom stereocenters. The Morgan fingerprint density at radius 1 is 1.29 bits per heavy atom. The zero-order chi connectivity index (χ0) is 12.9. The summed E-state index contributed by atoms with van der Waals surface area (Å²) in [6.07, 6.45) is 2.98. The summed E-state index contributed by atoms with van der Waals surface area (Å²) in [6, 6.07) is 7.01. The van der Waals surface area contributed by atoms with E-state index in [9.17, 15) is 4.79 Å². The van der Waals surface area contributed by atoms with Crippen LogP contribution in [0.5, 0.6) is 0 Å². The van der Waals surface area contributed by atoms with E-state index >= 15 is 0 Å². The molecule has 0 heterocycles. The summed E-state index contributed by atoms with van der Waals surface area (Å²) >= 11 is 0. The maximum absolute atomic E-state index is 12.1. The highest BCUT2D eigenvalue weighted by Gasteiger charge is 2.23. The van der Waals surface area contributed by atoms with Gasteiger partial charge in [-0.2, -0.15) is 0 Å². The minimum atomic E-state index is -0.118. The third-order valence-corrected chi connectivity index (χ3v) is 3.17. The standard InChI is InChI=1S/C14H22N2O/c1-4-10-14(3,5-2)16-13(17)11-6-8-12(15)9-7-11/h6-9H,4-5,10,15H2,1-3H3,(H,16,17). The van der Waals surface area contributed by atoms with Crippen LogP contribution < -0.4 is 11.1 Å². The molecule has 0 aliphatic rings. The second-order valence-corrected chi connectivity index (χ2v) is 4.74. The third-order valence-electron chi connectivity index (χ3n) is 3.17. The lowest BCUT2D eigenvalue weighted by Gasteiger charge is -2.29. The van der Waals surface area contributed by atoms with Crippen LogP contribution in [0.4, 0.5) is 5.69 Å². The fourth-order valence-corrected chi connectivity index (χ4v) is 1.86. The molecule has 1 aromatic rings. The van der Waals surface area contributed by atoms with Crippen LogP contribution in [0, 0.1) is 0 Å². The van der Waals surface area contributed by atoms with Gasteiger partial charge in [0, 0.05) is 16.8 Å². The average Bonchev–Trinajstić information content (AvgIpc) is 2.30. The fraction of sp³-hybridized carbons (Fsp3) is 0.500. The van der Waals surface area contributed by atoms with Crippen molar-refractivity contribution >= 4 is 11.6 Å². The third kappa shape index (κ3) is 3.77. The normalized spacial score (nSPS) is 14.1. The van der Waals surface area contributed by atoms with E-state index in [0.29, 0.717) is 11.3 Å². The molecule has 3 nitrogen and oxygen atoms in total. The Hall–Kier alpha value is -1.51. The molecule has 0 aliphatic heterocycles. The summed E-state index contributed by atoms with van der Waals surface area (Å²) in [5, 5.41) is 3.10. The smallest absolute Gasteiger partial charge is 0.251 e. The molecule has 0 bridgehead atoms. The van der Waals surface area contributed by atoms with Gasteiger partial charge in [-0.05, 0) is 44.0 Å². The molecule has 1 rings (SSSR count). The molecule has 0 aliphatic carbocycles. The largest absolute Gasteiger partial charge is 0.399 e. The van der Waals surface area contributed by atoms with Crippen molar-refractivity contribution in [1.29, 1.82) is 0 Å². The van der Waals surface area contributed by atoms with E-state index in [1.54, 1.807) is 24.3 Å². The van der Waals surface area contributed by atoms with Crippen molar-refractivity contribution < 1.29 is 4.79 Å². The molecule has 0 fully saturated rings. The average molecular weight is 234 g/mol. The molecular weight excluding hydrogens is 212 g/mol. The number of nitrogens with two attached hydrogens (primary N) is 1. The van der Waals surface area contributed by atoms with Gasteiger partial charge in [0.2, 0.25) is 0 Å². The van der Waals surface area contributed by atoms with Crippen molar-refractivity contribution in [3.05, 3.63) is 29.8 Å². The summed E-state index contributed by atoms with van der Waals surface area (Å²) in [5.74, 6) is -0.0252. The van der Waals surface area contributed by atoms with Crippen LogP contribution in [0.1, 0.15) is 50.4 Å². The topological polar surface area (TPSA) is 55.1 Å². The Balaban J connectivity index is 2.74. The van der Waals surface area contributed by atoms with E-state index in [1.807, 2.05) is 0 Å². The summed E-state index contributed by atoms with van der Waals surface area (Å²) < 4.78 is 0. The van der Waals surface area contributed by atoms with Gasteiger partial charge in [0.1, 0.15) is 0 Å². The predicted octanol–water partition coefficient (Wildman–Crippen LogP) is 2.97. The molecule has 17 heavy (non-hydrogen) atoms. The number of hydrogen-bond acceptors (Lipinski definition) is 2. The number of carbonyl (C=O) groups excluding carboxylic acids is 1. The summed E-state index contributed by atoms with van der Waals surface area (Å²) in [6.45, 7) is 6.31. The first-order chi connectivity index (χ1) is 8.00. The molecule has 0 aromatic heterocycles. The molecule has 0 saturated carbocycles. The SMILES string of the molecule is CCCC(C)(CC)NC(=O)c1ccc(N)cc1. The van der Waals surface area contributed by atoms with E-state index in [4.69, 9.17) is 5.73 Å². The summed E-state index contributed by atoms with van der Waals surface area (Å²) in [5.41, 5.74) is 6.81. The van der Waals surface area contributed by atoms with E-state index in [-0.39, 0.29) is 11.4 Å². The number of amides is 1. The zero-order valence-electron chi connectivity index (χ0n) is 10.9. The van der Waals surface area contributed by atoms with Crippen molar-refractivity contribution in [3.8, 4) is 0 Å². The van der Waals surface area contributed by atoms with E-state index in [1.165, 1.54) is 0 Å². The lowest BCUT2D eigenvalue weighted by atomic mass is 9.92. The first kappa shape index (κ1) is 13.6. The Kier molecular flexibility index (Phi) is 4.55. The van der Waals surface area contributed by atoms with Gasteiger partial charge in [-0.3, -0.25) is 4.79 Å². The van der Waals surface area contributed by atoms with Crippen molar-refractivity contribution in [3.63, 3.8) is 0 Å². The number of anilines is 1. The van der Waals surface area contributed by atoms with Gasteiger partial charge in [-0.25, -0.2) is 0 Å². The second kappa shape index (κ2) is 5.71. The molecule has 0 saturated heterocycles. The Morgan fingerprint density at radius 2 is 1.88 bits per heavy atom. The van der Waals surface area contributed by atoms with Gasteiger partial charge in [-0.1, -0.05) is 20.3 Å². The highest BCUT2D eigenvalue weighted by molar-refractivity contribution is 5.94. The van der Waals surface area contributed by atoms with Gasteiger partial charge in [0.05, 0.1) is 0 Å². The van der Waals surface area contributed by atoms with Crippen molar-refractivity contribution in [2.75, 3.05) is 5.73 Å². The second-order valence-electron chi connectivity index (χ2n) is 4.74. The predicted molar refractivity (Wildman–Crippen MR) is 71.9 cm³/mol. The molecule has 1 amide bonds. The number of benzene rings is 1. The number of hydrogen-bond donors (Lipinski definition) is 2. The summed E-state index contributed by atoms with van der Waals surface area (Å²) in [4.78, 5) is 12.1. The first-order valence-electron chi connectivity index (χ1n) is 6.19. The molecule has 3 heteroatoms. The molecule has 3 N–H and O–H groups in total. The molecule has 94 valence electrons. The van der Waals surface area contributed by atoms with Gasteiger partial charge in [0.25, 0.3) is 5.91 Å². The van der Waals surface area contributed by atoms with Gasteiger partial charge in [0.15, 0.2) is 0 Å². The van der Waals surface area contributed by atoms with Gasteiger partial charge in [-0.15, -0.1) is 0 Å². The van der Waals surface area contributed by atoms with Crippen molar-refractivity contribution in [2.45, 2.75) is 45.6 Å². The molecule has 0 radical (unpaired) electrons. The number of nitrogen functional groups attached to an aromatic ring is 1. The lowest BCUT2D eigenvalue weighted by molar-refractivity contribution is 0.0898. The maximum Gasteiger partial charge on any atom is 0.251 e. The highest BCUT2D eigenvalue weighted by Crippen LogP contribution is 2.17. The van der Waals surface area contributed by atoms with Crippen LogP contribution >= 0.6 is 0 Å². The number of carbonyl (C=O) groups is 1. The number of rotatable bonds is 5. The van der Waals surface area contributed by atoms with Gasteiger partial charge < -0.3 is 11.1 Å². The molecular formula is C14H22N2O. The lowest BCUT2D eigenvalue weighted by Crippen LogP contribution is -2.45. The minimum absolute atomic E-state index is 0.0252. The molecule has 1 atom stereocenters. The maximum atomic E-state index is 12.1. The summed E-state index contributed by atoms with van der Waals surface area (Å²) in [7, 11) is 0.